The van der Waals surface area contributed by atoms with Gasteiger partial charge in [0, 0.05) is 25.2 Å². The Labute approximate surface area is 119 Å². The molecule has 0 aliphatic rings. The second-order valence-corrected chi connectivity index (χ2v) is 6.64. The highest BCUT2D eigenvalue weighted by Gasteiger charge is 2.34. The third-order valence-electron chi connectivity index (χ3n) is 3.32. The predicted molar refractivity (Wildman–Crippen MR) is 74.9 cm³/mol. The molecule has 0 radical (unpaired) electrons. The lowest BCUT2D eigenvalue weighted by molar-refractivity contribution is 0.177. The molecule has 9 heteroatoms. The number of fused-ring (bicyclic) bond motifs is 3. The average molecular weight is 308 g/mol. The number of benzene rings is 1. The fraction of sp³-hybridized carbons (Fsp3) is 0.250. The number of nitrogens with zero attached hydrogens (tertiary/aromatic N) is 4. The van der Waals surface area contributed by atoms with Crippen LogP contribution < -0.4 is 0 Å². The molecular weight excluding hydrogens is 295 g/mol. The predicted octanol–water partition coefficient (Wildman–Crippen LogP) is 1.75. The first-order valence-corrected chi connectivity index (χ1v) is 7.71. The molecular formula is C12H13N4O4P. The zero-order valence-corrected chi connectivity index (χ0v) is 12.3. The highest BCUT2D eigenvalue weighted by molar-refractivity contribution is 7.54. The van der Waals surface area contributed by atoms with Crippen LogP contribution in [0.1, 0.15) is 11.4 Å². The standard InChI is InChI=1S/C12H13N4O4P/c1-19-21(18,20-2)12(17)9-4-3-5-10-8(9)6-7-11-13-14-15-16(10)11/h3-7,12,17H,1-2H3. The van der Waals surface area contributed by atoms with E-state index in [9.17, 15) is 9.67 Å². The normalized spacial score (nSPS) is 13.9. The first kappa shape index (κ1) is 14.1. The first-order chi connectivity index (χ1) is 10.1. The molecule has 0 spiro atoms. The first-order valence-electron chi connectivity index (χ1n) is 6.09. The molecule has 0 amide bonds. The Morgan fingerprint density at radius 2 is 2.00 bits per heavy atom. The van der Waals surface area contributed by atoms with Crippen LogP contribution in [0.5, 0.6) is 0 Å². The maximum absolute atomic E-state index is 12.4. The van der Waals surface area contributed by atoms with Gasteiger partial charge in [-0.2, -0.15) is 4.52 Å². The number of hydrogen-bond acceptors (Lipinski definition) is 7. The van der Waals surface area contributed by atoms with E-state index in [0.29, 0.717) is 22.1 Å². The molecule has 21 heavy (non-hydrogen) atoms. The zero-order valence-electron chi connectivity index (χ0n) is 11.4. The minimum atomic E-state index is -3.65. The molecule has 2 aromatic heterocycles. The number of aromatic nitrogens is 4. The summed E-state index contributed by atoms with van der Waals surface area (Å²) in [6, 6.07) is 8.66. The van der Waals surface area contributed by atoms with E-state index >= 15 is 0 Å². The van der Waals surface area contributed by atoms with E-state index in [1.807, 2.05) is 0 Å². The molecule has 2 heterocycles. The molecule has 0 bridgehead atoms. The summed E-state index contributed by atoms with van der Waals surface area (Å²) in [6.45, 7) is 0. The van der Waals surface area contributed by atoms with Crippen LogP contribution in [-0.4, -0.2) is 39.4 Å². The van der Waals surface area contributed by atoms with Crippen LogP contribution >= 0.6 is 7.60 Å². The fourth-order valence-electron chi connectivity index (χ4n) is 2.23. The van der Waals surface area contributed by atoms with Crippen molar-refractivity contribution in [2.45, 2.75) is 5.85 Å². The largest absolute Gasteiger partial charge is 0.376 e. The van der Waals surface area contributed by atoms with Crippen LogP contribution in [0.3, 0.4) is 0 Å². The van der Waals surface area contributed by atoms with Gasteiger partial charge >= 0.3 is 7.60 Å². The van der Waals surface area contributed by atoms with Crippen LogP contribution in [0.2, 0.25) is 0 Å². The SMILES string of the molecule is COP(=O)(OC)C(O)c1cccc2c1ccc1nnnn12. The van der Waals surface area contributed by atoms with Gasteiger partial charge in [0.2, 0.25) is 0 Å². The maximum Gasteiger partial charge on any atom is 0.362 e. The van der Waals surface area contributed by atoms with E-state index in [-0.39, 0.29) is 0 Å². The number of aliphatic hydroxyl groups is 1. The quantitative estimate of drug-likeness (QED) is 0.733. The van der Waals surface area contributed by atoms with Crippen LogP contribution in [0.25, 0.3) is 16.6 Å². The van der Waals surface area contributed by atoms with Gasteiger partial charge in [-0.1, -0.05) is 12.1 Å². The van der Waals surface area contributed by atoms with Gasteiger partial charge in [-0.05, 0) is 28.6 Å². The van der Waals surface area contributed by atoms with E-state index in [1.165, 1.54) is 18.7 Å². The van der Waals surface area contributed by atoms with Crippen molar-refractivity contribution in [1.82, 2.24) is 20.0 Å². The molecule has 3 aromatic rings. The van der Waals surface area contributed by atoms with Gasteiger partial charge in [-0.3, -0.25) is 4.57 Å². The molecule has 8 nitrogen and oxygen atoms in total. The summed E-state index contributed by atoms with van der Waals surface area (Å²) in [6.07, 6.45) is 0. The monoisotopic (exact) mass is 308 g/mol. The molecule has 0 fully saturated rings. The third-order valence-corrected chi connectivity index (χ3v) is 5.22. The summed E-state index contributed by atoms with van der Waals surface area (Å²) in [5, 5.41) is 22.4. The van der Waals surface area contributed by atoms with Gasteiger partial charge in [0.15, 0.2) is 11.5 Å². The van der Waals surface area contributed by atoms with Crippen LogP contribution in [0.4, 0.5) is 0 Å². The van der Waals surface area contributed by atoms with Crippen molar-refractivity contribution in [3.8, 4) is 0 Å². The van der Waals surface area contributed by atoms with Crippen LogP contribution in [-0.2, 0) is 13.6 Å². The number of aliphatic hydroxyl groups excluding tert-OH is 1. The van der Waals surface area contributed by atoms with Crippen LogP contribution in [0, 0.1) is 0 Å². The van der Waals surface area contributed by atoms with Crippen molar-refractivity contribution in [2.24, 2.45) is 0 Å². The Hall–Kier alpha value is -1.86. The smallest absolute Gasteiger partial charge is 0.362 e. The Morgan fingerprint density at radius 1 is 1.24 bits per heavy atom. The summed E-state index contributed by atoms with van der Waals surface area (Å²) >= 11 is 0. The van der Waals surface area contributed by atoms with Gasteiger partial charge in [0.25, 0.3) is 0 Å². The van der Waals surface area contributed by atoms with Gasteiger partial charge in [0.1, 0.15) is 0 Å². The van der Waals surface area contributed by atoms with Crippen molar-refractivity contribution < 1.29 is 18.7 Å². The van der Waals surface area contributed by atoms with E-state index < -0.39 is 13.4 Å². The molecule has 110 valence electrons. The number of tetrazole rings is 1. The van der Waals surface area contributed by atoms with E-state index in [4.69, 9.17) is 9.05 Å². The third kappa shape index (κ3) is 2.13. The Kier molecular flexibility index (Phi) is 3.46. The molecule has 1 unspecified atom stereocenters. The molecule has 1 aromatic carbocycles. The summed E-state index contributed by atoms with van der Waals surface area (Å²) in [7, 11) is -1.18. The highest BCUT2D eigenvalue weighted by Crippen LogP contribution is 2.59. The van der Waals surface area contributed by atoms with Crippen molar-refractivity contribution in [1.29, 1.82) is 0 Å². The Morgan fingerprint density at radius 3 is 2.71 bits per heavy atom. The van der Waals surface area contributed by atoms with Crippen molar-refractivity contribution in [2.75, 3.05) is 14.2 Å². The summed E-state index contributed by atoms with van der Waals surface area (Å²) in [4.78, 5) is 0. The number of rotatable bonds is 4. The molecule has 0 aliphatic carbocycles. The number of pyridine rings is 1. The summed E-state index contributed by atoms with van der Waals surface area (Å²) in [5.74, 6) is -1.40. The molecule has 0 aliphatic heterocycles. The molecule has 1 atom stereocenters. The van der Waals surface area contributed by atoms with Crippen molar-refractivity contribution >= 4 is 24.1 Å². The Balaban J connectivity index is 2.26. The van der Waals surface area contributed by atoms with Crippen LogP contribution in [0.15, 0.2) is 30.3 Å². The van der Waals surface area contributed by atoms with Gasteiger partial charge in [0.05, 0.1) is 5.52 Å². The lowest BCUT2D eigenvalue weighted by Crippen LogP contribution is -2.04. The molecule has 3 rings (SSSR count). The van der Waals surface area contributed by atoms with Gasteiger partial charge < -0.3 is 14.2 Å². The summed E-state index contributed by atoms with van der Waals surface area (Å²) < 4.78 is 23.6. The number of hydrogen-bond donors (Lipinski definition) is 1. The molecule has 0 saturated heterocycles. The van der Waals surface area contributed by atoms with Gasteiger partial charge in [-0.15, -0.1) is 5.10 Å². The minimum absolute atomic E-state index is 0.428. The Bertz CT molecular complexity index is 842. The lowest BCUT2D eigenvalue weighted by atomic mass is 10.1. The minimum Gasteiger partial charge on any atom is -0.376 e. The van der Waals surface area contributed by atoms with E-state index in [1.54, 1.807) is 30.3 Å². The lowest BCUT2D eigenvalue weighted by Gasteiger charge is -2.21. The fourth-order valence-corrected chi connectivity index (χ4v) is 3.35. The van der Waals surface area contributed by atoms with E-state index in [0.717, 1.165) is 0 Å². The molecule has 0 saturated carbocycles. The van der Waals surface area contributed by atoms with E-state index in [2.05, 4.69) is 15.5 Å². The van der Waals surface area contributed by atoms with Crippen molar-refractivity contribution in [3.63, 3.8) is 0 Å². The van der Waals surface area contributed by atoms with Crippen molar-refractivity contribution in [3.05, 3.63) is 35.9 Å². The molecule has 1 N–H and O–H groups in total. The summed E-state index contributed by atoms with van der Waals surface area (Å²) in [5.41, 5.74) is 1.69. The average Bonchev–Trinajstić information content (AvgIpc) is 3.01. The van der Waals surface area contributed by atoms with Gasteiger partial charge in [-0.25, -0.2) is 0 Å². The maximum atomic E-state index is 12.4. The second-order valence-electron chi connectivity index (χ2n) is 4.34. The zero-order chi connectivity index (χ0) is 15.0. The second kappa shape index (κ2) is 5.16. The highest BCUT2D eigenvalue weighted by atomic mass is 31.2. The topological polar surface area (TPSA) is 98.8 Å².